The topological polar surface area (TPSA) is 58.6 Å². The Morgan fingerprint density at radius 2 is 2.08 bits per heavy atom. The summed E-state index contributed by atoms with van der Waals surface area (Å²) < 4.78 is 5.25. The zero-order valence-corrected chi connectivity index (χ0v) is 9.17. The van der Waals surface area contributed by atoms with Crippen LogP contribution < -0.4 is 4.98 Å². The van der Waals surface area contributed by atoms with E-state index in [1.807, 2.05) is 0 Å². The Labute approximate surface area is 79.4 Å². The number of hydrogen-bond acceptors (Lipinski definition) is 3. The highest BCUT2D eigenvalue weighted by Crippen LogP contribution is 2.17. The molecule has 1 aliphatic rings. The second-order valence-corrected chi connectivity index (χ2v) is 8.29. The number of carboxylic acid groups (broad SMARTS) is 1. The van der Waals surface area contributed by atoms with Crippen LogP contribution in [-0.4, -0.2) is 38.6 Å². The molecule has 13 heavy (non-hydrogen) atoms. The summed E-state index contributed by atoms with van der Waals surface area (Å²) >= 11 is 0. The summed E-state index contributed by atoms with van der Waals surface area (Å²) in [6, 6.07) is 1.62. The lowest BCUT2D eigenvalue weighted by molar-refractivity contribution is -0.138. The van der Waals surface area contributed by atoms with Crippen molar-refractivity contribution in [2.45, 2.75) is 31.6 Å². The largest absolute Gasteiger partial charge is 0.480 e. The van der Waals surface area contributed by atoms with Gasteiger partial charge in [-0.2, -0.15) is 0 Å². The molecule has 0 aromatic carbocycles. The fourth-order valence-electron chi connectivity index (χ4n) is 1.55. The second-order valence-electron chi connectivity index (χ2n) is 3.88. The van der Waals surface area contributed by atoms with E-state index in [2.05, 4.69) is 11.5 Å². The fourth-order valence-corrected chi connectivity index (χ4v) is 4.45. The molecule has 2 N–H and O–H groups in total. The molecule has 0 amide bonds. The van der Waals surface area contributed by atoms with Gasteiger partial charge < -0.3 is 14.8 Å². The molecule has 0 bridgehead atoms. The molecule has 0 spiro atoms. The fraction of sp³-hybridized carbons (Fsp3) is 0.875. The van der Waals surface area contributed by atoms with Crippen LogP contribution in [-0.2, 0) is 9.53 Å². The average Bonchev–Trinajstić information content (AvgIpc) is 2.04. The summed E-state index contributed by atoms with van der Waals surface area (Å²) in [4.78, 5) is 13.9. The molecule has 0 saturated carbocycles. The smallest absolute Gasteiger partial charge is 0.319 e. The van der Waals surface area contributed by atoms with Gasteiger partial charge in [0.2, 0.25) is 0 Å². The van der Waals surface area contributed by atoms with Gasteiger partial charge in [0.15, 0.2) is 0 Å². The Balaban J connectivity index is 2.45. The first-order valence-corrected chi connectivity index (χ1v) is 7.53. The summed E-state index contributed by atoms with van der Waals surface area (Å²) in [5, 5.41) is 8.76. The zero-order valence-electron chi connectivity index (χ0n) is 8.17. The van der Waals surface area contributed by atoms with Crippen LogP contribution in [0.15, 0.2) is 0 Å². The minimum absolute atomic E-state index is 0.422. The van der Waals surface area contributed by atoms with E-state index in [0.717, 1.165) is 25.3 Å². The molecular weight excluding hydrogens is 186 g/mol. The lowest BCUT2D eigenvalue weighted by atomic mass is 10.4. The van der Waals surface area contributed by atoms with Crippen molar-refractivity contribution in [2.75, 3.05) is 13.2 Å². The third-order valence-electron chi connectivity index (χ3n) is 2.53. The molecule has 0 aliphatic carbocycles. The van der Waals surface area contributed by atoms with Crippen LogP contribution in [0.5, 0.6) is 0 Å². The van der Waals surface area contributed by atoms with Crippen LogP contribution in [0.25, 0.3) is 0 Å². The minimum Gasteiger partial charge on any atom is -0.480 e. The number of hydrogen-bond donors (Lipinski definition) is 2. The molecule has 1 heterocycles. The monoisotopic (exact) mass is 203 g/mol. The average molecular weight is 203 g/mol. The quantitative estimate of drug-likeness (QED) is 0.661. The Morgan fingerprint density at radius 3 is 2.54 bits per heavy atom. The van der Waals surface area contributed by atoms with Gasteiger partial charge in [-0.05, 0) is 19.0 Å². The van der Waals surface area contributed by atoms with E-state index < -0.39 is 20.2 Å². The Kier molecular flexibility index (Phi) is 3.46. The van der Waals surface area contributed by atoms with Crippen LogP contribution in [0.4, 0.5) is 0 Å². The molecular formula is C8H17NO3Si. The predicted molar refractivity (Wildman–Crippen MR) is 52.3 cm³/mol. The van der Waals surface area contributed by atoms with E-state index in [-0.39, 0.29) is 0 Å². The van der Waals surface area contributed by atoms with Crippen molar-refractivity contribution in [1.29, 1.82) is 0 Å². The molecule has 1 fully saturated rings. The number of rotatable bonds is 3. The first kappa shape index (κ1) is 10.7. The molecule has 1 atom stereocenters. The standard InChI is InChI=1S/C8H17NO3Si/c1-7(8(10)11)9-13(2)5-3-12-4-6-13/h7,9H,3-6H2,1-2H3,(H,10,11). The summed E-state index contributed by atoms with van der Waals surface area (Å²) in [7, 11) is -1.52. The second kappa shape index (κ2) is 4.21. The number of carbonyl (C=O) groups is 1. The normalized spacial score (nSPS) is 23.8. The van der Waals surface area contributed by atoms with E-state index in [1.54, 1.807) is 6.92 Å². The van der Waals surface area contributed by atoms with E-state index in [4.69, 9.17) is 9.84 Å². The number of carboxylic acids is 1. The highest BCUT2D eigenvalue weighted by atomic mass is 28.3. The summed E-state index contributed by atoms with van der Waals surface area (Å²) in [5.41, 5.74) is 0. The summed E-state index contributed by atoms with van der Waals surface area (Å²) in [5.74, 6) is -0.764. The Bertz CT molecular complexity index is 192. The molecule has 4 nitrogen and oxygen atoms in total. The SMILES string of the molecule is CC(N[Si]1(C)CCOCC1)C(=O)O. The summed E-state index contributed by atoms with van der Waals surface area (Å²) in [6.07, 6.45) is 0. The molecule has 1 rings (SSSR count). The van der Waals surface area contributed by atoms with Gasteiger partial charge in [0.25, 0.3) is 0 Å². The van der Waals surface area contributed by atoms with E-state index in [9.17, 15) is 4.79 Å². The van der Waals surface area contributed by atoms with E-state index in [0.29, 0.717) is 0 Å². The molecule has 5 heteroatoms. The zero-order chi connectivity index (χ0) is 9.90. The molecule has 76 valence electrons. The Hall–Kier alpha value is -0.393. The minimum atomic E-state index is -1.52. The molecule has 0 aromatic heterocycles. The molecule has 1 unspecified atom stereocenters. The third-order valence-corrected chi connectivity index (χ3v) is 6.28. The summed E-state index contributed by atoms with van der Waals surface area (Å²) in [6.45, 7) is 5.45. The van der Waals surface area contributed by atoms with Gasteiger partial charge in [-0.15, -0.1) is 0 Å². The van der Waals surface area contributed by atoms with Crippen molar-refractivity contribution in [3.8, 4) is 0 Å². The molecule has 0 aromatic rings. The van der Waals surface area contributed by atoms with Crippen LogP contribution in [0.2, 0.25) is 18.6 Å². The van der Waals surface area contributed by atoms with Crippen molar-refractivity contribution in [3.63, 3.8) is 0 Å². The van der Waals surface area contributed by atoms with Crippen molar-refractivity contribution in [1.82, 2.24) is 4.98 Å². The highest BCUT2D eigenvalue weighted by molar-refractivity contribution is 6.76. The number of ether oxygens (including phenoxy) is 1. The van der Waals surface area contributed by atoms with Gasteiger partial charge in [0.05, 0.1) is 6.04 Å². The first-order valence-electron chi connectivity index (χ1n) is 4.62. The lowest BCUT2D eigenvalue weighted by Gasteiger charge is -2.33. The van der Waals surface area contributed by atoms with Gasteiger partial charge in [-0.25, -0.2) is 0 Å². The Morgan fingerprint density at radius 1 is 1.54 bits per heavy atom. The molecule has 0 radical (unpaired) electrons. The van der Waals surface area contributed by atoms with E-state index in [1.165, 1.54) is 0 Å². The van der Waals surface area contributed by atoms with Crippen LogP contribution in [0, 0.1) is 0 Å². The predicted octanol–water partition coefficient (Wildman–Crippen LogP) is 0.655. The number of aliphatic carboxylic acids is 1. The van der Waals surface area contributed by atoms with Gasteiger partial charge in [0, 0.05) is 13.2 Å². The third kappa shape index (κ3) is 3.09. The molecule has 1 aliphatic heterocycles. The van der Waals surface area contributed by atoms with Crippen molar-refractivity contribution in [2.24, 2.45) is 0 Å². The van der Waals surface area contributed by atoms with Crippen LogP contribution >= 0.6 is 0 Å². The van der Waals surface area contributed by atoms with Crippen molar-refractivity contribution < 1.29 is 14.6 Å². The maximum absolute atomic E-state index is 10.6. The van der Waals surface area contributed by atoms with E-state index >= 15 is 0 Å². The van der Waals surface area contributed by atoms with Gasteiger partial charge in [0.1, 0.15) is 8.24 Å². The van der Waals surface area contributed by atoms with Crippen LogP contribution in [0.3, 0.4) is 0 Å². The first-order chi connectivity index (χ1) is 6.03. The maximum Gasteiger partial charge on any atom is 0.319 e. The van der Waals surface area contributed by atoms with Gasteiger partial charge >= 0.3 is 5.97 Å². The van der Waals surface area contributed by atoms with Crippen molar-refractivity contribution in [3.05, 3.63) is 0 Å². The number of nitrogens with one attached hydrogen (secondary N) is 1. The highest BCUT2D eigenvalue weighted by Gasteiger charge is 2.32. The van der Waals surface area contributed by atoms with Crippen molar-refractivity contribution >= 4 is 14.2 Å². The van der Waals surface area contributed by atoms with Crippen LogP contribution in [0.1, 0.15) is 6.92 Å². The maximum atomic E-state index is 10.6. The lowest BCUT2D eigenvalue weighted by Crippen LogP contribution is -2.56. The van der Waals surface area contributed by atoms with Gasteiger partial charge in [-0.3, -0.25) is 4.79 Å². The molecule has 1 saturated heterocycles. The van der Waals surface area contributed by atoms with Gasteiger partial charge in [-0.1, -0.05) is 6.55 Å².